The monoisotopic (exact) mass is 347 g/mol. The summed E-state index contributed by atoms with van der Waals surface area (Å²) in [6, 6.07) is 0.327. The average Bonchev–Trinajstić information content (AvgIpc) is 2.99. The molecule has 2 N–H and O–H groups in total. The van der Waals surface area contributed by atoms with E-state index in [9.17, 15) is 4.79 Å². The van der Waals surface area contributed by atoms with Gasteiger partial charge in [-0.25, -0.2) is 0 Å². The molecular weight excluding hydrogens is 318 g/mol. The Kier molecular flexibility index (Phi) is 4.78. The van der Waals surface area contributed by atoms with E-state index < -0.39 is 0 Å². The first-order valence-corrected chi connectivity index (χ1v) is 9.66. The zero-order valence-corrected chi connectivity index (χ0v) is 15.1. The van der Waals surface area contributed by atoms with Crippen LogP contribution in [0.15, 0.2) is 4.52 Å². The van der Waals surface area contributed by atoms with Gasteiger partial charge in [0.25, 0.3) is 0 Å². The Labute approximate surface area is 148 Å². The predicted molar refractivity (Wildman–Crippen MR) is 92.4 cm³/mol. The maximum absolute atomic E-state index is 13.0. The number of amides is 1. The molecule has 1 aromatic rings. The second-order valence-corrected chi connectivity index (χ2v) is 8.03. The summed E-state index contributed by atoms with van der Waals surface area (Å²) in [4.78, 5) is 21.6. The largest absolute Gasteiger partial charge is 0.340 e. The topological polar surface area (TPSA) is 88.5 Å². The third-order valence-corrected chi connectivity index (χ3v) is 6.38. The second-order valence-electron chi connectivity index (χ2n) is 8.03. The molecule has 1 amide bonds. The van der Waals surface area contributed by atoms with Crippen LogP contribution in [0.3, 0.4) is 0 Å². The molecule has 7 heteroatoms. The quantitative estimate of drug-likeness (QED) is 0.883. The van der Waals surface area contributed by atoms with E-state index in [-0.39, 0.29) is 5.92 Å². The van der Waals surface area contributed by atoms with Gasteiger partial charge in [0.15, 0.2) is 5.82 Å². The molecule has 1 aromatic heterocycles. The molecule has 2 aliphatic carbocycles. The van der Waals surface area contributed by atoms with Gasteiger partial charge in [-0.05, 0) is 37.5 Å². The summed E-state index contributed by atoms with van der Waals surface area (Å²) in [5.41, 5.74) is 6.37. The molecule has 0 spiro atoms. The molecular formula is C18H29N5O2. The lowest BCUT2D eigenvalue weighted by Gasteiger charge is -2.45. The fraction of sp³-hybridized carbons (Fsp3) is 0.833. The van der Waals surface area contributed by atoms with Crippen molar-refractivity contribution >= 4 is 5.91 Å². The van der Waals surface area contributed by atoms with Gasteiger partial charge in [0.05, 0.1) is 6.54 Å². The number of hydrogen-bond donors (Lipinski definition) is 1. The Morgan fingerprint density at radius 3 is 2.48 bits per heavy atom. The fourth-order valence-corrected chi connectivity index (χ4v) is 4.98. The van der Waals surface area contributed by atoms with E-state index in [1.807, 2.05) is 0 Å². The van der Waals surface area contributed by atoms with Gasteiger partial charge >= 0.3 is 0 Å². The van der Waals surface area contributed by atoms with Crippen molar-refractivity contribution in [1.82, 2.24) is 19.9 Å². The number of carbonyl (C=O) groups excluding carboxylic acids is 1. The SMILES string of the molecule is Cc1nc(CN2CCN(C(=O)C3CC4CCCC(C3)C4N)CC2)no1. The van der Waals surface area contributed by atoms with Gasteiger partial charge in [-0.2, -0.15) is 4.98 Å². The Morgan fingerprint density at radius 2 is 1.88 bits per heavy atom. The molecule has 4 rings (SSSR count). The van der Waals surface area contributed by atoms with E-state index in [1.165, 1.54) is 19.3 Å². The zero-order chi connectivity index (χ0) is 17.4. The van der Waals surface area contributed by atoms with Crippen molar-refractivity contribution in [1.29, 1.82) is 0 Å². The summed E-state index contributed by atoms with van der Waals surface area (Å²) in [5, 5.41) is 3.96. The van der Waals surface area contributed by atoms with Crippen molar-refractivity contribution in [2.45, 2.75) is 51.6 Å². The number of rotatable bonds is 3. The summed E-state index contributed by atoms with van der Waals surface area (Å²) < 4.78 is 5.03. The van der Waals surface area contributed by atoms with Gasteiger partial charge in [0, 0.05) is 45.1 Å². The normalized spacial score (nSPS) is 33.4. The number of hydrogen-bond acceptors (Lipinski definition) is 6. The molecule has 0 aromatic carbocycles. The molecule has 3 fully saturated rings. The molecule has 2 bridgehead atoms. The van der Waals surface area contributed by atoms with Crippen LogP contribution in [0.1, 0.15) is 43.8 Å². The highest BCUT2D eigenvalue weighted by atomic mass is 16.5. The van der Waals surface area contributed by atoms with Crippen LogP contribution in [0.5, 0.6) is 0 Å². The van der Waals surface area contributed by atoms with Crippen molar-refractivity contribution in [2.24, 2.45) is 23.5 Å². The van der Waals surface area contributed by atoms with Crippen LogP contribution in [-0.4, -0.2) is 58.1 Å². The Bertz CT molecular complexity index is 596. The van der Waals surface area contributed by atoms with Crippen LogP contribution in [0, 0.1) is 24.7 Å². The van der Waals surface area contributed by atoms with Crippen molar-refractivity contribution in [3.05, 3.63) is 11.7 Å². The number of piperazine rings is 1. The van der Waals surface area contributed by atoms with Crippen molar-refractivity contribution in [3.63, 3.8) is 0 Å². The lowest BCUT2D eigenvalue weighted by Crippen LogP contribution is -2.53. The maximum Gasteiger partial charge on any atom is 0.225 e. The zero-order valence-electron chi connectivity index (χ0n) is 15.1. The van der Waals surface area contributed by atoms with E-state index in [1.54, 1.807) is 6.92 Å². The third-order valence-electron chi connectivity index (χ3n) is 6.38. The molecule has 0 radical (unpaired) electrons. The molecule has 2 unspecified atom stereocenters. The van der Waals surface area contributed by atoms with E-state index in [0.717, 1.165) is 44.8 Å². The van der Waals surface area contributed by atoms with Crippen LogP contribution in [-0.2, 0) is 11.3 Å². The third kappa shape index (κ3) is 3.58. The number of aryl methyl sites for hydroxylation is 1. The Balaban J connectivity index is 1.29. The predicted octanol–water partition coefficient (Wildman–Crippen LogP) is 1.18. The number of nitrogens with two attached hydrogens (primary N) is 1. The average molecular weight is 347 g/mol. The molecule has 2 saturated carbocycles. The van der Waals surface area contributed by atoms with Crippen molar-refractivity contribution < 1.29 is 9.32 Å². The number of aromatic nitrogens is 2. The summed E-state index contributed by atoms with van der Waals surface area (Å²) in [5.74, 6) is 3.00. The first-order chi connectivity index (χ1) is 12.1. The summed E-state index contributed by atoms with van der Waals surface area (Å²) in [7, 11) is 0. The Hall–Kier alpha value is -1.47. The molecule has 25 heavy (non-hydrogen) atoms. The molecule has 3 aliphatic rings. The minimum absolute atomic E-state index is 0.196. The van der Waals surface area contributed by atoms with Crippen LogP contribution in [0.25, 0.3) is 0 Å². The van der Waals surface area contributed by atoms with E-state index >= 15 is 0 Å². The Morgan fingerprint density at radius 1 is 1.20 bits per heavy atom. The molecule has 1 saturated heterocycles. The summed E-state index contributed by atoms with van der Waals surface area (Å²) >= 11 is 0. The van der Waals surface area contributed by atoms with Gasteiger partial charge in [-0.3, -0.25) is 9.69 Å². The van der Waals surface area contributed by atoms with Gasteiger partial charge < -0.3 is 15.2 Å². The molecule has 7 nitrogen and oxygen atoms in total. The number of carbonyl (C=O) groups is 1. The molecule has 1 aliphatic heterocycles. The van der Waals surface area contributed by atoms with Gasteiger partial charge in [-0.1, -0.05) is 11.6 Å². The van der Waals surface area contributed by atoms with E-state index in [0.29, 0.717) is 36.2 Å². The molecule has 138 valence electrons. The lowest BCUT2D eigenvalue weighted by atomic mass is 9.65. The summed E-state index contributed by atoms with van der Waals surface area (Å²) in [6.45, 7) is 5.85. The highest BCUT2D eigenvalue weighted by Gasteiger charge is 2.41. The fourth-order valence-electron chi connectivity index (χ4n) is 4.98. The highest BCUT2D eigenvalue weighted by molar-refractivity contribution is 5.79. The van der Waals surface area contributed by atoms with E-state index in [4.69, 9.17) is 10.3 Å². The standard InChI is InChI=1S/C18H29N5O2/c1-12-20-16(21-25-12)11-22-5-7-23(8-6-22)18(24)15-9-13-3-2-4-14(10-15)17(13)19/h13-15,17H,2-11,19H2,1H3. The van der Waals surface area contributed by atoms with Crippen LogP contribution in [0.2, 0.25) is 0 Å². The van der Waals surface area contributed by atoms with Crippen LogP contribution >= 0.6 is 0 Å². The highest BCUT2D eigenvalue weighted by Crippen LogP contribution is 2.42. The summed E-state index contributed by atoms with van der Waals surface area (Å²) in [6.07, 6.45) is 5.70. The lowest BCUT2D eigenvalue weighted by molar-refractivity contribution is -0.140. The number of nitrogens with zero attached hydrogens (tertiary/aromatic N) is 4. The van der Waals surface area contributed by atoms with Gasteiger partial charge in [-0.15, -0.1) is 0 Å². The van der Waals surface area contributed by atoms with Crippen LogP contribution in [0.4, 0.5) is 0 Å². The first kappa shape index (κ1) is 17.0. The smallest absolute Gasteiger partial charge is 0.225 e. The van der Waals surface area contributed by atoms with Crippen LogP contribution < -0.4 is 5.73 Å². The first-order valence-electron chi connectivity index (χ1n) is 9.66. The second kappa shape index (κ2) is 7.03. The van der Waals surface area contributed by atoms with Gasteiger partial charge in [0.2, 0.25) is 11.8 Å². The van der Waals surface area contributed by atoms with Gasteiger partial charge in [0.1, 0.15) is 0 Å². The van der Waals surface area contributed by atoms with Crippen molar-refractivity contribution in [2.75, 3.05) is 26.2 Å². The van der Waals surface area contributed by atoms with Crippen molar-refractivity contribution in [3.8, 4) is 0 Å². The minimum Gasteiger partial charge on any atom is -0.340 e. The minimum atomic E-state index is 0.196. The van der Waals surface area contributed by atoms with E-state index in [2.05, 4.69) is 19.9 Å². The number of fused-ring (bicyclic) bond motifs is 2. The molecule has 2 atom stereocenters. The molecule has 2 heterocycles. The maximum atomic E-state index is 13.0.